The smallest absolute Gasteiger partial charge is 0.274 e. The maximum Gasteiger partial charge on any atom is 0.274 e. The van der Waals surface area contributed by atoms with Crippen molar-refractivity contribution in [1.29, 1.82) is 0 Å². The summed E-state index contributed by atoms with van der Waals surface area (Å²) in [6.07, 6.45) is 0. The molecule has 1 aromatic carbocycles. The fraction of sp³-hybridized carbons (Fsp3) is 0.571. The molecule has 0 radical (unpaired) electrons. The van der Waals surface area contributed by atoms with Gasteiger partial charge in [-0.2, -0.15) is 0 Å². The van der Waals surface area contributed by atoms with E-state index in [0.29, 0.717) is 11.6 Å². The lowest BCUT2D eigenvalue weighted by molar-refractivity contribution is -0.385. The predicted octanol–water partition coefficient (Wildman–Crippen LogP) is 3.75. The molecule has 0 atom stereocenters. The van der Waals surface area contributed by atoms with E-state index in [4.69, 9.17) is 0 Å². The molecule has 0 saturated heterocycles. The first-order valence-corrected chi connectivity index (χ1v) is 6.19. The molecule has 0 spiro atoms. The Kier molecular flexibility index (Phi) is 2.65. The van der Waals surface area contributed by atoms with Crippen LogP contribution in [0.25, 0.3) is 0 Å². The third-order valence-electron chi connectivity index (χ3n) is 4.74. The molecular weight excluding hydrogens is 228 g/mol. The van der Waals surface area contributed by atoms with Gasteiger partial charge in [0, 0.05) is 23.4 Å². The van der Waals surface area contributed by atoms with Crippen molar-refractivity contribution in [3.8, 4) is 0 Å². The van der Waals surface area contributed by atoms with Gasteiger partial charge in [-0.15, -0.1) is 0 Å². The molecule has 1 aliphatic carbocycles. The number of rotatable bonds is 3. The Morgan fingerprint density at radius 3 is 2.22 bits per heavy atom. The van der Waals surface area contributed by atoms with Crippen molar-refractivity contribution in [2.75, 3.05) is 5.32 Å². The number of hydrogen-bond acceptors (Lipinski definition) is 3. The monoisotopic (exact) mass is 248 g/mol. The third-order valence-corrected chi connectivity index (χ3v) is 4.74. The molecule has 0 aromatic heterocycles. The maximum atomic E-state index is 10.9. The average Bonchev–Trinajstić information content (AvgIpc) is 2.63. The van der Waals surface area contributed by atoms with Gasteiger partial charge in [0.15, 0.2) is 0 Å². The number of nitro groups is 1. The zero-order valence-corrected chi connectivity index (χ0v) is 11.6. The summed E-state index contributed by atoms with van der Waals surface area (Å²) in [7, 11) is 0. The Morgan fingerprint density at radius 2 is 1.78 bits per heavy atom. The van der Waals surface area contributed by atoms with Crippen molar-refractivity contribution in [3.63, 3.8) is 0 Å². The number of nitrogens with one attached hydrogen (secondary N) is 1. The highest BCUT2D eigenvalue weighted by Crippen LogP contribution is 2.63. The number of anilines is 1. The highest BCUT2D eigenvalue weighted by atomic mass is 16.6. The number of benzene rings is 1. The summed E-state index contributed by atoms with van der Waals surface area (Å²) < 4.78 is 0. The van der Waals surface area contributed by atoms with E-state index in [-0.39, 0.29) is 21.4 Å². The summed E-state index contributed by atoms with van der Waals surface area (Å²) in [5, 5.41) is 14.3. The number of aryl methyl sites for hydroxylation is 1. The first kappa shape index (κ1) is 12.9. The molecule has 18 heavy (non-hydrogen) atoms. The molecule has 0 aliphatic heterocycles. The fourth-order valence-corrected chi connectivity index (χ4v) is 2.62. The minimum atomic E-state index is -0.330. The summed E-state index contributed by atoms with van der Waals surface area (Å²) in [6.45, 7) is 10.6. The van der Waals surface area contributed by atoms with Crippen LogP contribution in [0.15, 0.2) is 18.2 Å². The average molecular weight is 248 g/mol. The Bertz CT molecular complexity index is 493. The Morgan fingerprint density at radius 1 is 1.22 bits per heavy atom. The van der Waals surface area contributed by atoms with Crippen LogP contribution in [0.2, 0.25) is 0 Å². The van der Waals surface area contributed by atoms with Crippen LogP contribution in [0, 0.1) is 27.9 Å². The molecule has 1 N–H and O–H groups in total. The lowest BCUT2D eigenvalue weighted by atomic mass is 10.0. The quantitative estimate of drug-likeness (QED) is 0.654. The van der Waals surface area contributed by atoms with Gasteiger partial charge in [0.2, 0.25) is 0 Å². The van der Waals surface area contributed by atoms with Gasteiger partial charge in [0.25, 0.3) is 5.69 Å². The van der Waals surface area contributed by atoms with Crippen LogP contribution >= 0.6 is 0 Å². The van der Waals surface area contributed by atoms with Crippen LogP contribution in [0.3, 0.4) is 0 Å². The van der Waals surface area contributed by atoms with E-state index in [1.807, 2.05) is 6.07 Å². The van der Waals surface area contributed by atoms with Crippen molar-refractivity contribution in [1.82, 2.24) is 0 Å². The van der Waals surface area contributed by atoms with Crippen molar-refractivity contribution >= 4 is 11.4 Å². The summed E-state index contributed by atoms with van der Waals surface area (Å²) in [5.41, 5.74) is 2.13. The lowest BCUT2D eigenvalue weighted by Gasteiger charge is -2.09. The van der Waals surface area contributed by atoms with Gasteiger partial charge in [-0.05, 0) is 23.8 Å². The molecular formula is C14H20N2O2. The van der Waals surface area contributed by atoms with E-state index >= 15 is 0 Å². The molecule has 1 saturated carbocycles. The zero-order chi connectivity index (χ0) is 13.7. The molecule has 1 aliphatic rings. The normalized spacial score (nSPS) is 20.5. The van der Waals surface area contributed by atoms with Gasteiger partial charge in [0.05, 0.1) is 4.92 Å². The molecule has 98 valence electrons. The first-order chi connectivity index (χ1) is 8.18. The maximum absolute atomic E-state index is 10.9. The minimum absolute atomic E-state index is 0.177. The largest absolute Gasteiger partial charge is 0.381 e. The minimum Gasteiger partial charge on any atom is -0.381 e. The van der Waals surface area contributed by atoms with E-state index in [1.165, 1.54) is 0 Å². The summed E-state index contributed by atoms with van der Waals surface area (Å²) in [5.74, 6) is 0. The number of hydrogen-bond donors (Lipinski definition) is 1. The molecule has 0 amide bonds. The van der Waals surface area contributed by atoms with Crippen LogP contribution < -0.4 is 5.32 Å². The topological polar surface area (TPSA) is 55.2 Å². The van der Waals surface area contributed by atoms with Gasteiger partial charge in [-0.25, -0.2) is 0 Å². The van der Waals surface area contributed by atoms with Crippen LogP contribution in [0.4, 0.5) is 11.4 Å². The summed E-state index contributed by atoms with van der Waals surface area (Å²) in [6, 6.07) is 5.68. The highest BCUT2D eigenvalue weighted by Gasteiger charge is 2.64. The Balaban J connectivity index is 2.22. The van der Waals surface area contributed by atoms with Gasteiger partial charge in [-0.1, -0.05) is 33.8 Å². The zero-order valence-electron chi connectivity index (χ0n) is 11.6. The van der Waals surface area contributed by atoms with Gasteiger partial charge < -0.3 is 5.32 Å². The molecule has 2 rings (SSSR count). The number of nitro benzene ring substituents is 1. The van der Waals surface area contributed by atoms with Crippen LogP contribution in [0.5, 0.6) is 0 Å². The molecule has 1 fully saturated rings. The molecule has 4 nitrogen and oxygen atoms in total. The van der Waals surface area contributed by atoms with Gasteiger partial charge >= 0.3 is 0 Å². The van der Waals surface area contributed by atoms with E-state index in [1.54, 1.807) is 19.1 Å². The second-order valence-electron chi connectivity index (χ2n) is 6.28. The summed E-state index contributed by atoms with van der Waals surface area (Å²) in [4.78, 5) is 10.6. The van der Waals surface area contributed by atoms with Crippen molar-refractivity contribution < 1.29 is 4.92 Å². The van der Waals surface area contributed by atoms with E-state index in [2.05, 4.69) is 33.0 Å². The van der Waals surface area contributed by atoms with Crippen molar-refractivity contribution in [3.05, 3.63) is 33.9 Å². The van der Waals surface area contributed by atoms with E-state index < -0.39 is 0 Å². The second-order valence-corrected chi connectivity index (χ2v) is 6.28. The van der Waals surface area contributed by atoms with Crippen LogP contribution in [0.1, 0.15) is 33.3 Å². The lowest BCUT2D eigenvalue weighted by Crippen LogP contribution is -2.10. The first-order valence-electron chi connectivity index (χ1n) is 6.19. The standard InChI is InChI=1S/C14H20N2O2/c1-9-6-7-10(8-11(9)16(17)18)15-12-13(2,3)14(12,4)5/h6-8,12,15H,1-5H3. The fourth-order valence-electron chi connectivity index (χ4n) is 2.62. The second kappa shape index (κ2) is 3.70. The SMILES string of the molecule is Cc1ccc(NC2C(C)(C)C2(C)C)cc1[N+](=O)[O-]. The van der Waals surface area contributed by atoms with Crippen molar-refractivity contribution in [2.45, 2.75) is 40.7 Å². The van der Waals surface area contributed by atoms with Gasteiger partial charge in [0.1, 0.15) is 0 Å². The predicted molar refractivity (Wildman–Crippen MR) is 72.8 cm³/mol. The molecule has 1 aromatic rings. The number of nitrogens with zero attached hydrogens (tertiary/aromatic N) is 1. The molecule has 0 heterocycles. The van der Waals surface area contributed by atoms with E-state index in [9.17, 15) is 10.1 Å². The van der Waals surface area contributed by atoms with Crippen molar-refractivity contribution in [2.24, 2.45) is 10.8 Å². The van der Waals surface area contributed by atoms with E-state index in [0.717, 1.165) is 5.69 Å². The van der Waals surface area contributed by atoms with Crippen LogP contribution in [-0.4, -0.2) is 11.0 Å². The highest BCUT2D eigenvalue weighted by molar-refractivity contribution is 5.57. The Labute approximate surface area is 108 Å². The molecule has 4 heteroatoms. The van der Waals surface area contributed by atoms with Gasteiger partial charge in [-0.3, -0.25) is 10.1 Å². The van der Waals surface area contributed by atoms with Crippen LogP contribution in [-0.2, 0) is 0 Å². The molecule has 0 bridgehead atoms. The third kappa shape index (κ3) is 1.76. The Hall–Kier alpha value is -1.58. The summed E-state index contributed by atoms with van der Waals surface area (Å²) >= 11 is 0. The molecule has 0 unspecified atom stereocenters.